The molecule has 12 rings (SSSR count). The summed E-state index contributed by atoms with van der Waals surface area (Å²) < 4.78 is 0. The van der Waals surface area contributed by atoms with E-state index < -0.39 is 0 Å². The fourth-order valence-corrected chi connectivity index (χ4v) is 9.69. The lowest BCUT2D eigenvalue weighted by Gasteiger charge is -2.17. The second kappa shape index (κ2) is 12.1. The normalized spacial score (nSPS) is 11.9. The van der Waals surface area contributed by atoms with Crippen LogP contribution in [-0.4, -0.2) is 0 Å². The highest BCUT2D eigenvalue weighted by Crippen LogP contribution is 2.45. The number of benzene rings is 12. The summed E-state index contributed by atoms with van der Waals surface area (Å²) in [5.74, 6) is 0. The van der Waals surface area contributed by atoms with Gasteiger partial charge in [-0.15, -0.1) is 0 Å². The van der Waals surface area contributed by atoms with Gasteiger partial charge >= 0.3 is 0 Å². The Kier molecular flexibility index (Phi) is 6.73. The van der Waals surface area contributed by atoms with Gasteiger partial charge in [0.25, 0.3) is 0 Å². The van der Waals surface area contributed by atoms with Gasteiger partial charge in [0, 0.05) is 0 Å². The smallest absolute Gasteiger partial charge is 0.00141 e. The van der Waals surface area contributed by atoms with Crippen molar-refractivity contribution in [2.24, 2.45) is 0 Å². The summed E-state index contributed by atoms with van der Waals surface area (Å²) in [6.45, 7) is 0. The van der Waals surface area contributed by atoms with E-state index in [0.29, 0.717) is 0 Å². The molecule has 0 heterocycles. The Morgan fingerprint density at radius 2 is 0.464 bits per heavy atom. The van der Waals surface area contributed by atoms with Crippen LogP contribution in [-0.2, 0) is 0 Å². The van der Waals surface area contributed by atoms with Crippen molar-refractivity contribution in [2.75, 3.05) is 0 Å². The summed E-state index contributed by atoms with van der Waals surface area (Å²) in [5, 5.41) is 20.8. The van der Waals surface area contributed by atoms with Gasteiger partial charge in [0.15, 0.2) is 0 Å². The van der Waals surface area contributed by atoms with E-state index in [9.17, 15) is 0 Å². The summed E-state index contributed by atoms with van der Waals surface area (Å²) >= 11 is 0. The fraction of sp³-hybridized carbons (Fsp3) is 0. The van der Waals surface area contributed by atoms with Gasteiger partial charge in [-0.3, -0.25) is 0 Å². The first kappa shape index (κ1) is 31.1. The second-order valence-corrected chi connectivity index (χ2v) is 15.1. The molecule has 0 aliphatic rings. The summed E-state index contributed by atoms with van der Waals surface area (Å²) in [4.78, 5) is 0. The van der Waals surface area contributed by atoms with Gasteiger partial charge in [-0.05, 0) is 120 Å². The lowest BCUT2D eigenvalue weighted by Crippen LogP contribution is -1.89. The highest BCUT2D eigenvalue weighted by Gasteiger charge is 2.17. The molecule has 0 saturated heterocycles. The molecule has 0 amide bonds. The Hall–Kier alpha value is -7.28. The van der Waals surface area contributed by atoms with E-state index in [-0.39, 0.29) is 0 Å². The monoisotopic (exact) mass is 706 g/mol. The molecule has 12 aromatic carbocycles. The molecule has 0 N–H and O–H groups in total. The van der Waals surface area contributed by atoms with E-state index in [0.717, 1.165) is 0 Å². The summed E-state index contributed by atoms with van der Waals surface area (Å²) in [7, 11) is 0. The predicted molar refractivity (Wildman–Crippen MR) is 243 cm³/mol. The minimum atomic E-state index is 1.21. The molecule has 0 unspecified atom stereocenters. The molecule has 0 heteroatoms. The maximum atomic E-state index is 2.31. The third-order valence-corrected chi connectivity index (χ3v) is 12.2. The Labute approximate surface area is 324 Å². The lowest BCUT2D eigenvalue weighted by atomic mass is 9.86. The van der Waals surface area contributed by atoms with Crippen molar-refractivity contribution >= 4 is 86.2 Å². The van der Waals surface area contributed by atoms with Crippen LogP contribution in [0.1, 0.15) is 0 Å². The van der Waals surface area contributed by atoms with Crippen molar-refractivity contribution in [1.29, 1.82) is 0 Å². The van der Waals surface area contributed by atoms with Crippen LogP contribution in [0.2, 0.25) is 0 Å². The van der Waals surface area contributed by atoms with Crippen molar-refractivity contribution in [1.82, 2.24) is 0 Å². The molecule has 0 atom stereocenters. The molecule has 0 fully saturated rings. The van der Waals surface area contributed by atoms with Crippen LogP contribution in [0.25, 0.3) is 120 Å². The Balaban J connectivity index is 0.995. The zero-order chi connectivity index (χ0) is 36.7. The van der Waals surface area contributed by atoms with Gasteiger partial charge in [0.2, 0.25) is 0 Å². The Morgan fingerprint density at radius 1 is 0.161 bits per heavy atom. The molecule has 0 aliphatic carbocycles. The quantitative estimate of drug-likeness (QED) is 0.160. The largest absolute Gasteiger partial charge is 0.0616 e. The maximum Gasteiger partial charge on any atom is -0.00141 e. The molecule has 12 aromatic rings. The number of hydrogen-bond acceptors (Lipinski definition) is 0. The van der Waals surface area contributed by atoms with Gasteiger partial charge in [-0.1, -0.05) is 206 Å². The van der Waals surface area contributed by atoms with Crippen LogP contribution >= 0.6 is 0 Å². The van der Waals surface area contributed by atoms with Gasteiger partial charge < -0.3 is 0 Å². The topological polar surface area (TPSA) is 0 Å². The number of hydrogen-bond donors (Lipinski definition) is 0. The van der Waals surface area contributed by atoms with Crippen LogP contribution < -0.4 is 0 Å². The summed E-state index contributed by atoms with van der Waals surface area (Å²) in [5.41, 5.74) is 7.40. The van der Waals surface area contributed by atoms with Crippen LogP contribution in [0.15, 0.2) is 206 Å². The van der Waals surface area contributed by atoms with E-state index in [1.54, 1.807) is 0 Å². The Morgan fingerprint density at radius 3 is 0.857 bits per heavy atom. The molecule has 0 bridgehead atoms. The average Bonchev–Trinajstić information content (AvgIpc) is 3.28. The first-order valence-electron chi connectivity index (χ1n) is 19.5. The molecule has 0 aromatic heterocycles. The van der Waals surface area contributed by atoms with Crippen LogP contribution in [0.3, 0.4) is 0 Å². The summed E-state index contributed by atoms with van der Waals surface area (Å²) in [6.07, 6.45) is 0. The van der Waals surface area contributed by atoms with E-state index >= 15 is 0 Å². The molecular weight excluding hydrogens is 673 g/mol. The van der Waals surface area contributed by atoms with Crippen molar-refractivity contribution in [3.63, 3.8) is 0 Å². The Bertz CT molecular complexity index is 3310. The molecule has 0 saturated carbocycles. The van der Waals surface area contributed by atoms with E-state index in [4.69, 9.17) is 0 Å². The zero-order valence-corrected chi connectivity index (χ0v) is 30.6. The van der Waals surface area contributed by atoms with Gasteiger partial charge in [-0.25, -0.2) is 0 Å². The number of rotatable bonds is 3. The highest BCUT2D eigenvalue weighted by atomic mass is 14.2. The minimum absolute atomic E-state index is 1.21. The highest BCUT2D eigenvalue weighted by molar-refractivity contribution is 6.35. The first-order chi connectivity index (χ1) is 27.8. The second-order valence-electron chi connectivity index (χ2n) is 15.1. The molecule has 56 heavy (non-hydrogen) atoms. The van der Waals surface area contributed by atoms with Crippen molar-refractivity contribution in [2.45, 2.75) is 0 Å². The van der Waals surface area contributed by atoms with Crippen molar-refractivity contribution in [3.05, 3.63) is 206 Å². The van der Waals surface area contributed by atoms with Crippen molar-refractivity contribution < 1.29 is 0 Å². The maximum absolute atomic E-state index is 2.31. The van der Waals surface area contributed by atoms with Crippen LogP contribution in [0, 0.1) is 0 Å². The minimum Gasteiger partial charge on any atom is -0.0616 e. The van der Waals surface area contributed by atoms with Gasteiger partial charge in [0.05, 0.1) is 0 Å². The van der Waals surface area contributed by atoms with Crippen LogP contribution in [0.5, 0.6) is 0 Å². The lowest BCUT2D eigenvalue weighted by molar-refractivity contribution is 1.60. The zero-order valence-electron chi connectivity index (χ0n) is 30.6. The van der Waals surface area contributed by atoms with Gasteiger partial charge in [0.1, 0.15) is 0 Å². The van der Waals surface area contributed by atoms with Crippen LogP contribution in [0.4, 0.5) is 0 Å². The molecule has 0 aliphatic heterocycles. The predicted octanol–water partition coefficient (Wildman–Crippen LogP) is 15.9. The molecule has 258 valence electrons. The average molecular weight is 707 g/mol. The first-order valence-corrected chi connectivity index (χ1v) is 19.5. The number of fused-ring (bicyclic) bond motifs is 16. The molecule has 0 spiro atoms. The third kappa shape index (κ3) is 4.54. The summed E-state index contributed by atoms with van der Waals surface area (Å²) in [6, 6.07) is 76.5. The standard InChI is InChI=1S/C56H34/c1-3-13-41-37(11-1)31-33-51-47-17-7-5-15-45(47)49-21-9-19-43(53(49)55(41)51)39-27-23-35(24-28-39)36-25-29-40(30-26-36)44-20-10-22-50-46-16-6-8-18-48(46)52-34-32-38-12-2-4-14-42(38)56(52)54(44)50/h1-34H. The van der Waals surface area contributed by atoms with E-state index in [1.807, 2.05) is 0 Å². The van der Waals surface area contributed by atoms with Crippen molar-refractivity contribution in [3.8, 4) is 33.4 Å². The SMILES string of the molecule is c1ccc2c(c1)ccc1c3ccccc3c3cccc(-c4ccc(-c5ccc(-c6cccc7c8ccccc8c8ccc9ccccc9c8c67)cc5)cc4)c3c21. The molecule has 0 nitrogen and oxygen atoms in total. The molecular formula is C56H34. The molecule has 0 radical (unpaired) electrons. The van der Waals surface area contributed by atoms with E-state index in [1.165, 1.54) is 120 Å². The van der Waals surface area contributed by atoms with Gasteiger partial charge in [-0.2, -0.15) is 0 Å². The van der Waals surface area contributed by atoms with E-state index in [2.05, 4.69) is 206 Å². The third-order valence-electron chi connectivity index (χ3n) is 12.2. The fourth-order valence-electron chi connectivity index (χ4n) is 9.69.